The number of carbonyl (C=O) groups is 1. The van der Waals surface area contributed by atoms with Crippen molar-refractivity contribution in [2.45, 2.75) is 58.3 Å². The Morgan fingerprint density at radius 2 is 1.64 bits per heavy atom. The molecule has 3 heteroatoms. The van der Waals surface area contributed by atoms with Gasteiger partial charge in [0.05, 0.1) is 7.11 Å². The molecule has 0 saturated heterocycles. The van der Waals surface area contributed by atoms with E-state index in [1.807, 2.05) is 18.2 Å². The van der Waals surface area contributed by atoms with Crippen molar-refractivity contribution >= 4 is 12.0 Å². The predicted molar refractivity (Wildman–Crippen MR) is 115 cm³/mol. The van der Waals surface area contributed by atoms with Crippen molar-refractivity contribution < 1.29 is 14.6 Å². The van der Waals surface area contributed by atoms with Crippen LogP contribution in [-0.2, 0) is 20.4 Å². The van der Waals surface area contributed by atoms with E-state index >= 15 is 0 Å². The number of carboxylic acid groups (broad SMARTS) is 1. The van der Waals surface area contributed by atoms with Gasteiger partial charge in [0, 0.05) is 0 Å². The number of benzene rings is 2. The molecule has 0 radical (unpaired) electrons. The molecule has 0 atom stereocenters. The smallest absolute Gasteiger partial charge is 0.371 e. The minimum absolute atomic E-state index is 0.0674. The average Bonchev–Trinajstić information content (AvgIpc) is 2.63. The Morgan fingerprint density at radius 1 is 1.04 bits per heavy atom. The van der Waals surface area contributed by atoms with Gasteiger partial charge in [-0.1, -0.05) is 58.0 Å². The van der Waals surface area contributed by atoms with Crippen LogP contribution in [0.25, 0.3) is 17.2 Å². The maximum Gasteiger partial charge on any atom is 0.371 e. The molecule has 3 rings (SSSR count). The van der Waals surface area contributed by atoms with Gasteiger partial charge in [-0.3, -0.25) is 0 Å². The Balaban J connectivity index is 2.13. The second-order valence-electron chi connectivity index (χ2n) is 9.12. The van der Waals surface area contributed by atoms with Crippen LogP contribution in [0.3, 0.4) is 0 Å². The lowest BCUT2D eigenvalue weighted by molar-refractivity contribution is -0.135. The van der Waals surface area contributed by atoms with Gasteiger partial charge in [0.25, 0.3) is 0 Å². The molecule has 1 aliphatic carbocycles. The molecule has 1 aliphatic rings. The van der Waals surface area contributed by atoms with Gasteiger partial charge in [-0.2, -0.15) is 0 Å². The van der Waals surface area contributed by atoms with Gasteiger partial charge in [0.15, 0.2) is 0 Å². The van der Waals surface area contributed by atoms with Gasteiger partial charge < -0.3 is 9.84 Å². The van der Waals surface area contributed by atoms with Crippen LogP contribution < -0.4 is 0 Å². The number of ether oxygens (including phenoxy) is 1. The number of fused-ring (bicyclic) bond motifs is 1. The van der Waals surface area contributed by atoms with E-state index in [4.69, 9.17) is 4.74 Å². The number of aliphatic carboxylic acids is 1. The van der Waals surface area contributed by atoms with E-state index in [1.54, 1.807) is 6.08 Å². The summed E-state index contributed by atoms with van der Waals surface area (Å²) in [6, 6.07) is 12.7. The summed E-state index contributed by atoms with van der Waals surface area (Å²) in [6.07, 6.45) is 3.93. The maximum atomic E-state index is 11.2. The summed E-state index contributed by atoms with van der Waals surface area (Å²) in [4.78, 5) is 11.2. The molecule has 3 nitrogen and oxygen atoms in total. The average molecular weight is 379 g/mol. The van der Waals surface area contributed by atoms with Gasteiger partial charge >= 0.3 is 5.97 Å². The van der Waals surface area contributed by atoms with E-state index in [1.165, 1.54) is 42.2 Å². The molecule has 28 heavy (non-hydrogen) atoms. The quantitative estimate of drug-likeness (QED) is 0.518. The zero-order valence-electron chi connectivity index (χ0n) is 17.7. The molecule has 0 spiro atoms. The zero-order valence-corrected chi connectivity index (χ0v) is 17.7. The molecule has 0 unspecified atom stereocenters. The van der Waals surface area contributed by atoms with Crippen molar-refractivity contribution in [2.24, 2.45) is 0 Å². The van der Waals surface area contributed by atoms with E-state index in [2.05, 4.69) is 52.8 Å². The Bertz CT molecular complexity index is 948. The molecule has 0 amide bonds. The van der Waals surface area contributed by atoms with Crippen molar-refractivity contribution in [1.29, 1.82) is 0 Å². The lowest BCUT2D eigenvalue weighted by Gasteiger charge is -2.42. The minimum atomic E-state index is -1.07. The Hall–Kier alpha value is -2.55. The molecular formula is C25H30O3. The van der Waals surface area contributed by atoms with Gasteiger partial charge in [0.1, 0.15) is 0 Å². The number of methoxy groups -OCH3 is 1. The van der Waals surface area contributed by atoms with Crippen LogP contribution in [-0.4, -0.2) is 18.2 Å². The molecule has 1 N–H and O–H groups in total. The summed E-state index contributed by atoms with van der Waals surface area (Å²) in [7, 11) is 1.38. The highest BCUT2D eigenvalue weighted by molar-refractivity contribution is 5.90. The molecule has 0 fully saturated rings. The van der Waals surface area contributed by atoms with Crippen LogP contribution in [0.15, 0.2) is 42.2 Å². The van der Waals surface area contributed by atoms with Crippen LogP contribution in [0.1, 0.15) is 62.8 Å². The van der Waals surface area contributed by atoms with E-state index in [0.717, 1.165) is 11.1 Å². The van der Waals surface area contributed by atoms with Crippen molar-refractivity contribution in [2.75, 3.05) is 7.11 Å². The summed E-state index contributed by atoms with van der Waals surface area (Å²) in [5.74, 6) is -1.14. The second-order valence-corrected chi connectivity index (χ2v) is 9.12. The number of rotatable bonds is 4. The van der Waals surface area contributed by atoms with Gasteiger partial charge in [-0.05, 0) is 76.1 Å². The Labute approximate surface area is 168 Å². The maximum absolute atomic E-state index is 11.2. The monoisotopic (exact) mass is 378 g/mol. The number of aryl methyl sites for hydroxylation is 1. The number of hydrogen-bond donors (Lipinski definition) is 1. The third-order valence-electron chi connectivity index (χ3n) is 6.12. The predicted octanol–water partition coefficient (Wildman–Crippen LogP) is 6.08. The van der Waals surface area contributed by atoms with Crippen LogP contribution >= 0.6 is 0 Å². The summed E-state index contributed by atoms with van der Waals surface area (Å²) < 4.78 is 4.97. The molecule has 0 heterocycles. The standard InChI is InChI=1S/C25H30O3/c1-16-12-20-21(25(4,5)11-10-24(20,2)3)15-19(16)18-9-7-8-17(13-18)14-22(28-6)23(26)27/h7-9,12-15H,10-11H2,1-6H3,(H,26,27). The fourth-order valence-electron chi connectivity index (χ4n) is 4.19. The second kappa shape index (κ2) is 7.12. The first-order valence-electron chi connectivity index (χ1n) is 9.80. The molecular weight excluding hydrogens is 348 g/mol. The van der Waals surface area contributed by atoms with Gasteiger partial charge in [-0.15, -0.1) is 0 Å². The minimum Gasteiger partial charge on any atom is -0.490 e. The highest BCUT2D eigenvalue weighted by Gasteiger charge is 2.37. The lowest BCUT2D eigenvalue weighted by Crippen LogP contribution is -2.34. The third-order valence-corrected chi connectivity index (χ3v) is 6.12. The molecule has 148 valence electrons. The summed E-state index contributed by atoms with van der Waals surface area (Å²) >= 11 is 0. The van der Waals surface area contributed by atoms with E-state index < -0.39 is 5.97 Å². The van der Waals surface area contributed by atoms with Crippen molar-refractivity contribution in [3.8, 4) is 11.1 Å². The van der Waals surface area contributed by atoms with Crippen LogP contribution in [0.5, 0.6) is 0 Å². The van der Waals surface area contributed by atoms with Crippen molar-refractivity contribution in [1.82, 2.24) is 0 Å². The number of carboxylic acids is 1. The number of hydrogen-bond acceptors (Lipinski definition) is 2. The molecule has 0 saturated carbocycles. The fourth-order valence-corrected chi connectivity index (χ4v) is 4.19. The molecule has 0 bridgehead atoms. The topological polar surface area (TPSA) is 46.5 Å². The first kappa shape index (κ1) is 20.2. The Morgan fingerprint density at radius 3 is 2.21 bits per heavy atom. The zero-order chi connectivity index (χ0) is 20.7. The van der Waals surface area contributed by atoms with Gasteiger partial charge in [0.2, 0.25) is 5.76 Å². The lowest BCUT2D eigenvalue weighted by atomic mass is 9.62. The molecule has 0 aliphatic heterocycles. The highest BCUT2D eigenvalue weighted by atomic mass is 16.5. The van der Waals surface area contributed by atoms with E-state index in [9.17, 15) is 9.90 Å². The summed E-state index contributed by atoms with van der Waals surface area (Å²) in [5.41, 5.74) is 7.57. The SMILES string of the molecule is COC(=Cc1cccc(-c2cc3c(cc2C)C(C)(C)CCC3(C)C)c1)C(=O)O. The molecule has 2 aromatic carbocycles. The summed E-state index contributed by atoms with van der Waals surface area (Å²) in [6.45, 7) is 11.5. The van der Waals surface area contributed by atoms with Crippen LogP contribution in [0.4, 0.5) is 0 Å². The van der Waals surface area contributed by atoms with Crippen molar-refractivity contribution in [3.63, 3.8) is 0 Å². The van der Waals surface area contributed by atoms with E-state index in [0.29, 0.717) is 0 Å². The van der Waals surface area contributed by atoms with Gasteiger partial charge in [-0.25, -0.2) is 4.79 Å². The van der Waals surface area contributed by atoms with Crippen LogP contribution in [0.2, 0.25) is 0 Å². The molecule has 2 aromatic rings. The van der Waals surface area contributed by atoms with E-state index in [-0.39, 0.29) is 16.6 Å². The van der Waals surface area contributed by atoms with Crippen LogP contribution in [0, 0.1) is 6.92 Å². The first-order chi connectivity index (χ1) is 13.0. The first-order valence-corrected chi connectivity index (χ1v) is 9.80. The fraction of sp³-hybridized carbons (Fsp3) is 0.400. The third kappa shape index (κ3) is 3.71. The normalized spacial score (nSPS) is 17.7. The Kier molecular flexibility index (Phi) is 5.14. The highest BCUT2D eigenvalue weighted by Crippen LogP contribution is 2.47. The molecule has 0 aromatic heterocycles. The largest absolute Gasteiger partial charge is 0.490 e. The summed E-state index contributed by atoms with van der Waals surface area (Å²) in [5, 5.41) is 9.21. The van der Waals surface area contributed by atoms with Crippen molar-refractivity contribution in [3.05, 3.63) is 64.4 Å².